The van der Waals surface area contributed by atoms with Crippen LogP contribution in [0.2, 0.25) is 0 Å². The Labute approximate surface area is 246 Å². The quantitative estimate of drug-likeness (QED) is 0.451. The first kappa shape index (κ1) is 33.5. The van der Waals surface area contributed by atoms with E-state index in [1.54, 1.807) is 17.9 Å². The number of amides is 1. The first-order valence-electron chi connectivity index (χ1n) is 15.9. The number of Topliss-reactive ketones (excluding diaryl/α,β-unsaturated/α-hetero) is 1. The smallest absolute Gasteiger partial charge is 0.329 e. The van der Waals surface area contributed by atoms with Crippen LogP contribution in [0.1, 0.15) is 112 Å². The summed E-state index contributed by atoms with van der Waals surface area (Å²) in [6, 6.07) is -0.728. The number of rotatable bonds is 4. The van der Waals surface area contributed by atoms with Crippen LogP contribution in [0.3, 0.4) is 0 Å². The minimum absolute atomic E-state index is 0.00735. The predicted octanol–water partition coefficient (Wildman–Crippen LogP) is 5.05. The first-order valence-corrected chi connectivity index (χ1v) is 15.9. The number of hydrogen-bond donors (Lipinski definition) is 2. The van der Waals surface area contributed by atoms with Crippen molar-refractivity contribution in [2.75, 3.05) is 6.54 Å². The molecule has 8 atom stereocenters. The maximum Gasteiger partial charge on any atom is 0.329 e. The molecule has 0 aliphatic carbocycles. The topological polar surface area (TPSA) is 113 Å². The number of cyclic esters (lactones) is 1. The summed E-state index contributed by atoms with van der Waals surface area (Å²) in [6.07, 6.45) is 11.3. The Balaban J connectivity index is 1.88. The molecule has 0 aromatic rings. The van der Waals surface area contributed by atoms with Crippen LogP contribution in [0.4, 0.5) is 0 Å². The highest BCUT2D eigenvalue weighted by atomic mass is 16.6. The van der Waals surface area contributed by atoms with Crippen molar-refractivity contribution in [1.29, 1.82) is 0 Å². The lowest BCUT2D eigenvalue weighted by Gasteiger charge is -2.41. The molecule has 3 rings (SSSR count). The molecule has 0 aromatic heterocycles. The van der Waals surface area contributed by atoms with E-state index in [-0.39, 0.29) is 42.2 Å². The van der Waals surface area contributed by atoms with Crippen LogP contribution >= 0.6 is 0 Å². The number of esters is 1. The van der Waals surface area contributed by atoms with Crippen molar-refractivity contribution in [2.24, 2.45) is 11.8 Å². The number of aliphatic hydroxyl groups is 2. The highest BCUT2D eigenvalue weighted by Gasteiger charge is 2.44. The molecule has 0 aromatic carbocycles. The average Bonchev–Trinajstić information content (AvgIpc) is 3.43. The third kappa shape index (κ3) is 9.23. The van der Waals surface area contributed by atoms with E-state index in [4.69, 9.17) is 9.47 Å². The number of fused-ring (bicyclic) bond motifs is 3. The fourth-order valence-corrected chi connectivity index (χ4v) is 6.53. The van der Waals surface area contributed by atoms with Gasteiger partial charge in [0, 0.05) is 18.9 Å². The molecule has 2 N–H and O–H groups in total. The van der Waals surface area contributed by atoms with E-state index in [1.807, 2.05) is 26.8 Å². The lowest BCUT2D eigenvalue weighted by molar-refractivity contribution is -0.186. The average molecular weight is 576 g/mol. The SMILES string of the molecule is CCC(O)CC(O)C1(C)CC(C)C2CCC(CC/C=C(/C)C(=O)C(C)CC/C=C/C(=O)N3CCCCC3C(=O)O1)O2. The van der Waals surface area contributed by atoms with E-state index in [9.17, 15) is 24.6 Å². The van der Waals surface area contributed by atoms with Crippen LogP contribution in [0.15, 0.2) is 23.8 Å². The Morgan fingerprint density at radius 2 is 1.80 bits per heavy atom. The van der Waals surface area contributed by atoms with Gasteiger partial charge in [0.05, 0.1) is 24.4 Å². The number of ketones is 1. The lowest BCUT2D eigenvalue weighted by Crippen LogP contribution is -2.53. The molecule has 8 heteroatoms. The van der Waals surface area contributed by atoms with Gasteiger partial charge >= 0.3 is 5.97 Å². The molecule has 41 heavy (non-hydrogen) atoms. The fraction of sp³-hybridized carbons (Fsp3) is 0.788. The third-order valence-electron chi connectivity index (χ3n) is 9.37. The predicted molar refractivity (Wildman–Crippen MR) is 158 cm³/mol. The van der Waals surface area contributed by atoms with Crippen molar-refractivity contribution in [3.05, 3.63) is 23.8 Å². The Kier molecular flexibility index (Phi) is 12.6. The lowest BCUT2D eigenvalue weighted by atomic mass is 9.82. The van der Waals surface area contributed by atoms with Gasteiger partial charge in [0.1, 0.15) is 11.6 Å². The molecule has 3 aliphatic rings. The number of ether oxygens (including phenoxy) is 2. The minimum atomic E-state index is -1.24. The summed E-state index contributed by atoms with van der Waals surface area (Å²) in [5, 5.41) is 21.6. The second kappa shape index (κ2) is 15.4. The van der Waals surface area contributed by atoms with Crippen molar-refractivity contribution < 1.29 is 34.1 Å². The van der Waals surface area contributed by atoms with E-state index in [1.165, 1.54) is 6.08 Å². The number of carbonyl (C=O) groups is 3. The Morgan fingerprint density at radius 3 is 2.54 bits per heavy atom. The third-order valence-corrected chi connectivity index (χ3v) is 9.37. The number of hydrogen-bond acceptors (Lipinski definition) is 7. The number of nitrogens with zero attached hydrogens (tertiary/aromatic N) is 1. The van der Waals surface area contributed by atoms with E-state index in [0.29, 0.717) is 38.6 Å². The molecule has 2 bridgehead atoms. The standard InChI is InChI=1S/C33H53NO7/c1-6-25(35)20-29(36)33(5)21-24(4)28-18-17-26(40-28)14-11-13-23(3)31(38)22(2)12-7-8-16-30(37)34-19-10-9-15-27(34)32(39)41-33/h8,13,16,22,24-29,35-36H,6-7,9-12,14-15,17-21H2,1-5H3/b16-8+,23-13-. The van der Waals surface area contributed by atoms with Gasteiger partial charge in [-0.1, -0.05) is 32.9 Å². The second-order valence-corrected chi connectivity index (χ2v) is 12.9. The largest absolute Gasteiger partial charge is 0.455 e. The van der Waals surface area contributed by atoms with Crippen molar-refractivity contribution in [2.45, 2.75) is 148 Å². The molecular weight excluding hydrogens is 522 g/mol. The summed E-state index contributed by atoms with van der Waals surface area (Å²) < 4.78 is 12.6. The first-order chi connectivity index (χ1) is 19.4. The Morgan fingerprint density at radius 1 is 1.05 bits per heavy atom. The highest BCUT2D eigenvalue weighted by Crippen LogP contribution is 2.36. The summed E-state index contributed by atoms with van der Waals surface area (Å²) in [7, 11) is 0. The zero-order chi connectivity index (χ0) is 30.2. The van der Waals surface area contributed by atoms with E-state index in [0.717, 1.165) is 44.1 Å². The Hall–Kier alpha value is -2.03. The van der Waals surface area contributed by atoms with Crippen molar-refractivity contribution >= 4 is 17.7 Å². The molecule has 2 fully saturated rings. The molecule has 232 valence electrons. The number of carbonyl (C=O) groups excluding carboxylic acids is 3. The minimum Gasteiger partial charge on any atom is -0.455 e. The van der Waals surface area contributed by atoms with Gasteiger partial charge in [0.15, 0.2) is 5.78 Å². The monoisotopic (exact) mass is 575 g/mol. The molecule has 0 saturated carbocycles. The van der Waals surface area contributed by atoms with Gasteiger partial charge in [-0.3, -0.25) is 9.59 Å². The number of aliphatic hydroxyl groups excluding tert-OH is 2. The maximum absolute atomic E-state index is 13.7. The molecule has 3 heterocycles. The van der Waals surface area contributed by atoms with Gasteiger partial charge in [-0.05, 0) is 102 Å². The van der Waals surface area contributed by atoms with Crippen LogP contribution in [-0.4, -0.2) is 75.4 Å². The highest BCUT2D eigenvalue weighted by molar-refractivity contribution is 5.96. The molecule has 2 saturated heterocycles. The zero-order valence-electron chi connectivity index (χ0n) is 25.8. The second-order valence-electron chi connectivity index (χ2n) is 12.9. The maximum atomic E-state index is 13.7. The summed E-state index contributed by atoms with van der Waals surface area (Å²) >= 11 is 0. The summed E-state index contributed by atoms with van der Waals surface area (Å²) in [6.45, 7) is 9.92. The van der Waals surface area contributed by atoms with Gasteiger partial charge in [-0.15, -0.1) is 0 Å². The summed E-state index contributed by atoms with van der Waals surface area (Å²) in [5.41, 5.74) is -0.470. The molecule has 8 nitrogen and oxygen atoms in total. The summed E-state index contributed by atoms with van der Waals surface area (Å²) in [4.78, 5) is 41.3. The molecule has 1 amide bonds. The molecular formula is C33H53NO7. The zero-order valence-corrected chi connectivity index (χ0v) is 25.8. The van der Waals surface area contributed by atoms with Gasteiger partial charge < -0.3 is 24.6 Å². The van der Waals surface area contributed by atoms with Crippen molar-refractivity contribution in [1.82, 2.24) is 4.90 Å². The molecule has 8 unspecified atom stereocenters. The van der Waals surface area contributed by atoms with E-state index < -0.39 is 29.8 Å². The van der Waals surface area contributed by atoms with Crippen LogP contribution < -0.4 is 0 Å². The van der Waals surface area contributed by atoms with E-state index in [2.05, 4.69) is 6.92 Å². The van der Waals surface area contributed by atoms with Crippen LogP contribution in [0, 0.1) is 11.8 Å². The van der Waals surface area contributed by atoms with Crippen LogP contribution in [0.5, 0.6) is 0 Å². The Bertz CT molecular complexity index is 961. The van der Waals surface area contributed by atoms with Gasteiger partial charge in [-0.2, -0.15) is 0 Å². The van der Waals surface area contributed by atoms with Crippen LogP contribution in [-0.2, 0) is 23.9 Å². The van der Waals surface area contributed by atoms with Gasteiger partial charge in [0.2, 0.25) is 5.91 Å². The van der Waals surface area contributed by atoms with E-state index >= 15 is 0 Å². The fourth-order valence-electron chi connectivity index (χ4n) is 6.53. The summed E-state index contributed by atoms with van der Waals surface area (Å²) in [5.74, 6) is -0.759. The van der Waals surface area contributed by atoms with Gasteiger partial charge in [0.25, 0.3) is 0 Å². The number of allylic oxidation sites excluding steroid dienone is 3. The molecule has 3 aliphatic heterocycles. The van der Waals surface area contributed by atoms with Crippen molar-refractivity contribution in [3.63, 3.8) is 0 Å². The molecule has 0 radical (unpaired) electrons. The molecule has 0 spiro atoms. The van der Waals surface area contributed by atoms with Gasteiger partial charge in [-0.25, -0.2) is 4.79 Å². The van der Waals surface area contributed by atoms with Crippen molar-refractivity contribution in [3.8, 4) is 0 Å². The number of piperidine rings is 1. The normalized spacial score (nSPS) is 36.8. The van der Waals surface area contributed by atoms with Crippen LogP contribution in [0.25, 0.3) is 0 Å².